The van der Waals surface area contributed by atoms with E-state index in [1.165, 1.54) is 12.0 Å². The van der Waals surface area contributed by atoms with Crippen LogP contribution in [0.15, 0.2) is 12.2 Å². The van der Waals surface area contributed by atoms with Gasteiger partial charge < -0.3 is 4.18 Å². The van der Waals surface area contributed by atoms with Crippen LogP contribution in [-0.2, 0) is 8.98 Å². The number of allylic oxidation sites excluding steroid dienone is 1. The van der Waals surface area contributed by atoms with Gasteiger partial charge in [0.05, 0.1) is 0 Å². The molecule has 1 rings (SSSR count). The van der Waals surface area contributed by atoms with E-state index in [1.807, 2.05) is 32.7 Å². The van der Waals surface area contributed by atoms with Crippen LogP contribution in [0.25, 0.3) is 0 Å². The van der Waals surface area contributed by atoms with Gasteiger partial charge in [0.25, 0.3) is 0 Å². The van der Waals surface area contributed by atoms with Crippen LogP contribution in [0.2, 0.25) is 0 Å². The Hall–Kier alpha value is 0.0700. The predicted octanol–water partition coefficient (Wildman–Crippen LogP) is 5.32. The number of ketones is 1. The van der Waals surface area contributed by atoms with E-state index in [0.717, 1.165) is 17.9 Å². The molecular weight excluding hydrogens is 312 g/mol. The van der Waals surface area contributed by atoms with E-state index < -0.39 is 10.3 Å². The molecule has 0 spiro atoms. The molecule has 0 heterocycles. The van der Waals surface area contributed by atoms with Crippen LogP contribution in [0.4, 0.5) is 0 Å². The van der Waals surface area contributed by atoms with Crippen molar-refractivity contribution in [2.45, 2.75) is 52.2 Å². The molecule has 2 nitrogen and oxygen atoms in total. The van der Waals surface area contributed by atoms with E-state index in [4.69, 9.17) is 4.18 Å². The Labute approximate surface area is 144 Å². The molecule has 22 heavy (non-hydrogen) atoms. The molecule has 0 aromatic rings. The van der Waals surface area contributed by atoms with E-state index in [9.17, 15) is 4.79 Å². The van der Waals surface area contributed by atoms with E-state index in [1.54, 1.807) is 0 Å². The van der Waals surface area contributed by atoms with Gasteiger partial charge in [-0.05, 0) is 49.7 Å². The van der Waals surface area contributed by atoms with Crippen LogP contribution in [0.5, 0.6) is 0 Å². The van der Waals surface area contributed by atoms with Crippen molar-refractivity contribution < 1.29 is 8.98 Å². The molecule has 1 aliphatic carbocycles. The van der Waals surface area contributed by atoms with Crippen molar-refractivity contribution in [1.82, 2.24) is 0 Å². The van der Waals surface area contributed by atoms with Crippen LogP contribution >= 0.6 is 22.1 Å². The molecule has 0 aromatic carbocycles. The normalized spacial score (nSPS) is 26.1. The summed E-state index contributed by atoms with van der Waals surface area (Å²) in [6.07, 6.45) is 7.42. The maximum absolute atomic E-state index is 12.1. The highest BCUT2D eigenvalue weighted by atomic mass is 32.3. The summed E-state index contributed by atoms with van der Waals surface area (Å²) in [5.41, 5.74) is 1.17. The van der Waals surface area contributed by atoms with Crippen molar-refractivity contribution in [3.63, 3.8) is 0 Å². The summed E-state index contributed by atoms with van der Waals surface area (Å²) >= 11 is 1.98. The Kier molecular flexibility index (Phi) is 10.8. The first-order chi connectivity index (χ1) is 10.3. The number of Topliss-reactive ketones (excluding diaryl/α,β-unsaturated/α-hetero) is 1. The molecule has 0 bridgehead atoms. The topological polar surface area (TPSA) is 26.3 Å². The summed E-state index contributed by atoms with van der Waals surface area (Å²) in [5, 5.41) is 0.471. The molecule has 1 aliphatic rings. The fourth-order valence-corrected chi connectivity index (χ4v) is 5.13. The van der Waals surface area contributed by atoms with Crippen molar-refractivity contribution in [1.29, 1.82) is 0 Å². The van der Waals surface area contributed by atoms with Crippen LogP contribution in [-0.4, -0.2) is 42.2 Å². The lowest BCUT2D eigenvalue weighted by Crippen LogP contribution is -2.33. The molecule has 3 atom stereocenters. The van der Waals surface area contributed by atoms with Crippen LogP contribution in [0, 0.1) is 11.8 Å². The lowest BCUT2D eigenvalue weighted by molar-refractivity contribution is -0.124. The summed E-state index contributed by atoms with van der Waals surface area (Å²) in [6, 6.07) is 0. The van der Waals surface area contributed by atoms with E-state index in [-0.39, 0.29) is 5.92 Å². The first-order valence-electron chi connectivity index (χ1n) is 8.33. The van der Waals surface area contributed by atoms with Gasteiger partial charge in [0.2, 0.25) is 0 Å². The second-order valence-corrected chi connectivity index (χ2v) is 11.3. The first-order valence-corrected chi connectivity index (χ1v) is 11.9. The maximum atomic E-state index is 12.1. The lowest BCUT2D eigenvalue weighted by atomic mass is 9.79. The van der Waals surface area contributed by atoms with E-state index in [0.29, 0.717) is 23.4 Å². The zero-order chi connectivity index (χ0) is 17.3. The third-order valence-corrected chi connectivity index (χ3v) is 8.02. The Balaban J connectivity index is 0.00000211. The fourth-order valence-electron chi connectivity index (χ4n) is 2.52. The average molecular weight is 349 g/mol. The summed E-state index contributed by atoms with van der Waals surface area (Å²) in [6.45, 7) is 12.2. The summed E-state index contributed by atoms with van der Waals surface area (Å²) in [7, 11) is 0.942. The van der Waals surface area contributed by atoms with Gasteiger partial charge in [0.15, 0.2) is 0 Å². The molecule has 0 aliphatic heterocycles. The van der Waals surface area contributed by atoms with Crippen molar-refractivity contribution in [3.05, 3.63) is 12.2 Å². The molecule has 0 saturated heterocycles. The van der Waals surface area contributed by atoms with Gasteiger partial charge in [-0.1, -0.05) is 32.9 Å². The van der Waals surface area contributed by atoms with Gasteiger partial charge in [-0.2, -0.15) is 11.8 Å². The number of carbonyl (C=O) groups is 1. The summed E-state index contributed by atoms with van der Waals surface area (Å²) in [5.74, 6) is 3.31. The lowest BCUT2D eigenvalue weighted by Gasteiger charge is -2.34. The number of hydrogen-bond donors (Lipinski definition) is 0. The molecule has 1 saturated carbocycles. The van der Waals surface area contributed by atoms with Crippen molar-refractivity contribution >= 4 is 27.9 Å². The number of carbonyl (C=O) groups excluding carboxylic acids is 1. The second kappa shape index (κ2) is 10.8. The monoisotopic (exact) mass is 348 g/mol. The Bertz CT molecular complexity index is 353. The minimum atomic E-state index is -0.865. The van der Waals surface area contributed by atoms with Gasteiger partial charge in [-0.25, -0.2) is 0 Å². The minimum Gasteiger partial charge on any atom is -0.340 e. The largest absolute Gasteiger partial charge is 0.340 e. The van der Waals surface area contributed by atoms with Crippen molar-refractivity contribution in [2.24, 2.45) is 11.8 Å². The SMILES string of the molecule is C=C(C)C1CC(=O)C(C)C(SCCCS(C)(C)OC)C1.CC. The van der Waals surface area contributed by atoms with Gasteiger partial charge in [0.1, 0.15) is 5.78 Å². The Morgan fingerprint density at radius 2 is 2.00 bits per heavy atom. The van der Waals surface area contributed by atoms with Crippen molar-refractivity contribution in [2.75, 3.05) is 31.1 Å². The standard InChI is InChI=1S/C16H30O2S2.C2H6/c1-12(2)14-10-15(17)13(3)16(11-14)19-8-7-9-20(5,6)18-4;1-2/h13-14,16H,1,7-11H2,2-6H3;1-2H3. The van der Waals surface area contributed by atoms with Gasteiger partial charge in [-0.3, -0.25) is 4.79 Å². The van der Waals surface area contributed by atoms with Crippen molar-refractivity contribution in [3.8, 4) is 0 Å². The number of thioether (sulfide) groups is 1. The van der Waals surface area contributed by atoms with Crippen LogP contribution in [0.3, 0.4) is 0 Å². The maximum Gasteiger partial charge on any atom is 0.137 e. The third kappa shape index (κ3) is 7.56. The number of rotatable bonds is 7. The highest BCUT2D eigenvalue weighted by Crippen LogP contribution is 2.42. The predicted molar refractivity (Wildman–Crippen MR) is 105 cm³/mol. The van der Waals surface area contributed by atoms with Gasteiger partial charge in [0, 0.05) is 24.7 Å². The fraction of sp³-hybridized carbons (Fsp3) is 0.833. The molecular formula is C18H36O2S2. The Morgan fingerprint density at radius 1 is 1.41 bits per heavy atom. The number of hydrogen-bond acceptors (Lipinski definition) is 3. The summed E-state index contributed by atoms with van der Waals surface area (Å²) in [4.78, 5) is 12.1. The molecule has 132 valence electrons. The smallest absolute Gasteiger partial charge is 0.137 e. The van der Waals surface area contributed by atoms with Crippen LogP contribution in [0.1, 0.15) is 47.0 Å². The highest BCUT2D eigenvalue weighted by Gasteiger charge is 2.34. The van der Waals surface area contributed by atoms with E-state index in [2.05, 4.69) is 32.9 Å². The third-order valence-electron chi connectivity index (χ3n) is 4.29. The minimum absolute atomic E-state index is 0.207. The molecule has 0 amide bonds. The second-order valence-electron chi connectivity index (χ2n) is 6.31. The molecule has 1 fully saturated rings. The quantitative estimate of drug-likeness (QED) is 0.460. The molecule has 3 unspecified atom stereocenters. The van der Waals surface area contributed by atoms with Crippen LogP contribution < -0.4 is 0 Å². The molecule has 0 N–H and O–H groups in total. The van der Waals surface area contributed by atoms with E-state index >= 15 is 0 Å². The molecule has 0 radical (unpaired) electrons. The zero-order valence-electron chi connectivity index (χ0n) is 15.6. The van der Waals surface area contributed by atoms with Gasteiger partial charge >= 0.3 is 0 Å². The average Bonchev–Trinajstić information content (AvgIpc) is 2.49. The Morgan fingerprint density at radius 3 is 2.50 bits per heavy atom. The van der Waals surface area contributed by atoms with Gasteiger partial charge in [-0.15, -0.1) is 10.3 Å². The molecule has 4 heteroatoms. The highest BCUT2D eigenvalue weighted by molar-refractivity contribution is 8.28. The summed E-state index contributed by atoms with van der Waals surface area (Å²) < 4.78 is 5.52. The zero-order valence-corrected chi connectivity index (χ0v) is 17.2. The first kappa shape index (κ1) is 22.1. The molecule has 0 aromatic heterocycles.